The molecule has 4 rings (SSSR count). The number of benzene rings is 2. The molecule has 0 aliphatic heterocycles. The van der Waals surface area contributed by atoms with Gasteiger partial charge in [-0.15, -0.1) is 0 Å². The maximum absolute atomic E-state index is 14.0. The van der Waals surface area contributed by atoms with Crippen LogP contribution < -0.4 is 40.2 Å². The lowest BCUT2D eigenvalue weighted by molar-refractivity contribution is -0.138. The van der Waals surface area contributed by atoms with Crippen molar-refractivity contribution in [3.05, 3.63) is 58.9 Å². The topological polar surface area (TPSA) is 154 Å². The fourth-order valence-corrected chi connectivity index (χ4v) is 4.64. The summed E-state index contributed by atoms with van der Waals surface area (Å²) in [4.78, 5) is 29.5. The Labute approximate surface area is 281 Å². The van der Waals surface area contributed by atoms with Gasteiger partial charge in [-0.05, 0) is 26.0 Å². The largest absolute Gasteiger partial charge is 0.496 e. The molecule has 2 heterocycles. The quantitative estimate of drug-likeness (QED) is 0.0792. The Hall–Kier alpha value is -5.75. The highest BCUT2D eigenvalue weighted by atomic mass is 19.4. The molecule has 4 aromatic rings. The summed E-state index contributed by atoms with van der Waals surface area (Å²) in [6.07, 6.45) is -8.11. The third-order valence-corrected chi connectivity index (χ3v) is 6.90. The molecule has 19 heteroatoms. The van der Waals surface area contributed by atoms with E-state index in [0.717, 1.165) is 0 Å². The predicted octanol–water partition coefficient (Wildman–Crippen LogP) is 6.92. The van der Waals surface area contributed by atoms with E-state index in [2.05, 4.69) is 41.2 Å². The number of hydrogen-bond acceptors (Lipinski definition) is 13. The fourth-order valence-electron chi connectivity index (χ4n) is 4.64. The number of carbonyl (C=O) groups excluding carboxylic acids is 1. The van der Waals surface area contributed by atoms with Crippen molar-refractivity contribution in [2.75, 3.05) is 62.8 Å². The average molecular weight is 711 g/mol. The smallest absolute Gasteiger partial charge is 0.421 e. The Morgan fingerprint density at radius 3 is 1.28 bits per heavy atom. The first kappa shape index (κ1) is 37.1. The molecular formula is C31H32F6N8O5. The molecule has 0 bridgehead atoms. The van der Waals surface area contributed by atoms with Gasteiger partial charge in [-0.1, -0.05) is 0 Å². The number of anilines is 6. The van der Waals surface area contributed by atoms with Crippen LogP contribution in [0.4, 0.5) is 61.2 Å². The van der Waals surface area contributed by atoms with Gasteiger partial charge < -0.3 is 40.2 Å². The van der Waals surface area contributed by atoms with Crippen LogP contribution in [0.15, 0.2) is 36.7 Å². The number of methoxy groups -OCH3 is 4. The van der Waals surface area contributed by atoms with E-state index in [1.807, 2.05) is 0 Å². The summed E-state index contributed by atoms with van der Waals surface area (Å²) in [5.41, 5.74) is -1.77. The highest BCUT2D eigenvalue weighted by Crippen LogP contribution is 2.41. The van der Waals surface area contributed by atoms with Crippen molar-refractivity contribution in [3.63, 3.8) is 0 Å². The number of ether oxygens (including phenoxy) is 4. The summed E-state index contributed by atoms with van der Waals surface area (Å²) < 4.78 is 103. The molecule has 0 amide bonds. The number of halogens is 6. The zero-order valence-corrected chi connectivity index (χ0v) is 27.5. The number of aromatic nitrogens is 4. The van der Waals surface area contributed by atoms with E-state index < -0.39 is 40.9 Å². The van der Waals surface area contributed by atoms with Gasteiger partial charge in [0.05, 0.1) is 50.9 Å². The van der Waals surface area contributed by atoms with Crippen LogP contribution in [0.2, 0.25) is 0 Å². The summed E-state index contributed by atoms with van der Waals surface area (Å²) in [6.45, 7) is 3.56. The van der Waals surface area contributed by atoms with Gasteiger partial charge in [0.2, 0.25) is 17.7 Å². The predicted molar refractivity (Wildman–Crippen MR) is 171 cm³/mol. The van der Waals surface area contributed by atoms with Crippen LogP contribution in [0.25, 0.3) is 0 Å². The van der Waals surface area contributed by atoms with Crippen molar-refractivity contribution in [1.82, 2.24) is 19.9 Å². The Bertz CT molecular complexity index is 1730. The van der Waals surface area contributed by atoms with Gasteiger partial charge in [-0.25, -0.2) is 9.97 Å². The van der Waals surface area contributed by atoms with Crippen molar-refractivity contribution < 1.29 is 50.1 Å². The Morgan fingerprint density at radius 2 is 0.980 bits per heavy atom. The highest BCUT2D eigenvalue weighted by Gasteiger charge is 2.36. The highest BCUT2D eigenvalue weighted by molar-refractivity contribution is 6.13. The van der Waals surface area contributed by atoms with E-state index in [-0.39, 0.29) is 70.5 Å². The molecule has 0 radical (unpaired) electrons. The van der Waals surface area contributed by atoms with Gasteiger partial charge in [0.25, 0.3) is 0 Å². The summed E-state index contributed by atoms with van der Waals surface area (Å²) in [7, 11) is 5.23. The first-order valence-corrected chi connectivity index (χ1v) is 14.7. The van der Waals surface area contributed by atoms with E-state index in [9.17, 15) is 31.1 Å². The minimum absolute atomic E-state index is 0.000932. The zero-order chi connectivity index (χ0) is 36.8. The number of nitrogens with zero attached hydrogens (tertiary/aromatic N) is 4. The number of carbonyl (C=O) groups is 1. The van der Waals surface area contributed by atoms with Crippen LogP contribution in [0, 0.1) is 0 Å². The molecule has 4 N–H and O–H groups in total. The summed E-state index contributed by atoms with van der Waals surface area (Å²) >= 11 is 0. The van der Waals surface area contributed by atoms with Crippen molar-refractivity contribution in [1.29, 1.82) is 0 Å². The second-order valence-electron chi connectivity index (χ2n) is 10.1. The van der Waals surface area contributed by atoms with Gasteiger partial charge in [0.15, 0.2) is 0 Å². The van der Waals surface area contributed by atoms with Crippen molar-refractivity contribution in [2.45, 2.75) is 26.2 Å². The van der Waals surface area contributed by atoms with Crippen LogP contribution in [-0.4, -0.2) is 67.2 Å². The number of ketones is 1. The van der Waals surface area contributed by atoms with Gasteiger partial charge in [-0.2, -0.15) is 36.3 Å². The summed E-state index contributed by atoms with van der Waals surface area (Å²) in [5.74, 6) is -1.63. The number of alkyl halides is 6. The lowest BCUT2D eigenvalue weighted by atomic mass is 9.99. The Balaban J connectivity index is 1.71. The third-order valence-electron chi connectivity index (χ3n) is 6.90. The standard InChI is InChI=1S/C31H32F6N8O5/c1-7-38-26-17(30(32,33)34)13-40-28(44-26)42-19-11-21(47-3)15(9-23(19)49-5)25(46)16-10-24(50-6)20(12-22(16)48-4)43-29-41-14-18(31(35,36)37)27(45-29)39-8-2/h9-14H,7-8H2,1-6H3,(H2,38,40,42,44)(H2,39,41,43,45). The Morgan fingerprint density at radius 1 is 0.620 bits per heavy atom. The van der Waals surface area contributed by atoms with Crippen LogP contribution in [-0.2, 0) is 12.4 Å². The van der Waals surface area contributed by atoms with Gasteiger partial charge >= 0.3 is 12.4 Å². The second kappa shape index (κ2) is 15.2. The summed E-state index contributed by atoms with van der Waals surface area (Å²) in [5, 5.41) is 10.7. The van der Waals surface area contributed by atoms with Crippen molar-refractivity contribution in [2.24, 2.45) is 0 Å². The molecule has 0 aliphatic carbocycles. The van der Waals surface area contributed by atoms with E-state index in [1.165, 1.54) is 52.7 Å². The first-order valence-electron chi connectivity index (χ1n) is 14.7. The van der Waals surface area contributed by atoms with Crippen LogP contribution in [0.3, 0.4) is 0 Å². The molecule has 268 valence electrons. The van der Waals surface area contributed by atoms with Crippen LogP contribution >= 0.6 is 0 Å². The van der Waals surface area contributed by atoms with Crippen molar-refractivity contribution >= 4 is 40.7 Å². The molecule has 0 aliphatic rings. The molecule has 0 atom stereocenters. The van der Waals surface area contributed by atoms with Gasteiger partial charge in [0.1, 0.15) is 45.8 Å². The van der Waals surface area contributed by atoms with Crippen LogP contribution in [0.5, 0.6) is 23.0 Å². The molecule has 0 fully saturated rings. The van der Waals surface area contributed by atoms with Gasteiger partial charge in [0, 0.05) is 37.6 Å². The minimum Gasteiger partial charge on any atom is -0.496 e. The molecule has 50 heavy (non-hydrogen) atoms. The molecule has 2 aromatic heterocycles. The van der Waals surface area contributed by atoms with Crippen LogP contribution in [0.1, 0.15) is 40.9 Å². The zero-order valence-electron chi connectivity index (χ0n) is 27.5. The second-order valence-corrected chi connectivity index (χ2v) is 10.1. The Kier molecular flexibility index (Phi) is 11.3. The molecule has 0 saturated heterocycles. The molecular weight excluding hydrogens is 678 g/mol. The van der Waals surface area contributed by atoms with E-state index in [4.69, 9.17) is 18.9 Å². The summed E-state index contributed by atoms with van der Waals surface area (Å²) in [6, 6.07) is 5.44. The normalized spacial score (nSPS) is 11.4. The number of nitrogens with one attached hydrogen (secondary N) is 4. The number of hydrogen-bond donors (Lipinski definition) is 4. The lowest BCUT2D eigenvalue weighted by Gasteiger charge is -2.18. The maximum Gasteiger partial charge on any atom is 0.421 e. The molecule has 0 spiro atoms. The van der Waals surface area contributed by atoms with Crippen molar-refractivity contribution in [3.8, 4) is 23.0 Å². The minimum atomic E-state index is -4.69. The fraction of sp³-hybridized carbons (Fsp3) is 0.323. The number of rotatable bonds is 14. The van der Waals surface area contributed by atoms with E-state index >= 15 is 0 Å². The molecule has 0 saturated carbocycles. The third kappa shape index (κ3) is 8.09. The first-order chi connectivity index (χ1) is 23.7. The molecule has 13 nitrogen and oxygen atoms in total. The molecule has 2 aromatic carbocycles. The monoisotopic (exact) mass is 710 g/mol. The van der Waals surface area contributed by atoms with E-state index in [0.29, 0.717) is 12.4 Å². The SMILES string of the molecule is CCNc1nc(Nc2cc(OC)c(C(=O)c3cc(OC)c(Nc4ncc(C(F)(F)F)c(NCC)n4)cc3OC)cc2OC)ncc1C(F)(F)F. The average Bonchev–Trinajstić information content (AvgIpc) is 3.07. The van der Waals surface area contributed by atoms with Gasteiger partial charge in [-0.3, -0.25) is 4.79 Å². The molecule has 0 unspecified atom stereocenters. The lowest BCUT2D eigenvalue weighted by Crippen LogP contribution is -2.14. The van der Waals surface area contributed by atoms with E-state index in [1.54, 1.807) is 13.8 Å². The maximum atomic E-state index is 14.0.